The van der Waals surface area contributed by atoms with Crippen LogP contribution in [0.15, 0.2) is 79.0 Å². The van der Waals surface area contributed by atoms with Gasteiger partial charge in [0.25, 0.3) is 0 Å². The van der Waals surface area contributed by atoms with Crippen LogP contribution >= 0.6 is 11.9 Å². The number of halogens is 3. The standard InChI is InChI=1S/C28H24F3N5OS/c1-16(17-8-11-20(29)12-9-17)37-23-14-19(10-13-22(23)35-38-28(30)31)25-24-26(36(2)34-25)21(15-33-27(24)32)18-6-4-3-5-7-18/h3-16,28,35H,1-2H3,(H2,32,33). The van der Waals surface area contributed by atoms with E-state index in [9.17, 15) is 13.2 Å². The van der Waals surface area contributed by atoms with Crippen LogP contribution in [-0.4, -0.2) is 20.5 Å². The number of hydrogen-bond donors (Lipinski definition) is 2. The van der Waals surface area contributed by atoms with Gasteiger partial charge in [-0.3, -0.25) is 4.68 Å². The average Bonchev–Trinajstić information content (AvgIpc) is 3.27. The van der Waals surface area contributed by atoms with E-state index in [4.69, 9.17) is 15.6 Å². The first-order valence-electron chi connectivity index (χ1n) is 11.7. The summed E-state index contributed by atoms with van der Waals surface area (Å²) in [5.41, 5.74) is 11.4. The molecule has 0 radical (unpaired) electrons. The van der Waals surface area contributed by atoms with Gasteiger partial charge < -0.3 is 15.2 Å². The number of ether oxygens (including phenoxy) is 1. The molecule has 1 atom stereocenters. The number of aromatic nitrogens is 3. The summed E-state index contributed by atoms with van der Waals surface area (Å²) >= 11 is 0.271. The zero-order valence-corrected chi connectivity index (χ0v) is 21.3. The number of nitrogens with two attached hydrogens (primary N) is 1. The van der Waals surface area contributed by atoms with E-state index >= 15 is 0 Å². The third-order valence-electron chi connectivity index (χ3n) is 6.13. The first-order chi connectivity index (χ1) is 18.3. The number of nitrogen functional groups attached to an aromatic ring is 1. The molecule has 0 spiro atoms. The van der Waals surface area contributed by atoms with Crippen molar-refractivity contribution in [3.8, 4) is 28.1 Å². The van der Waals surface area contributed by atoms with Crippen molar-refractivity contribution in [1.29, 1.82) is 0 Å². The summed E-state index contributed by atoms with van der Waals surface area (Å²) in [6.07, 6.45) is 1.24. The van der Waals surface area contributed by atoms with Crippen LogP contribution in [-0.2, 0) is 7.05 Å². The zero-order chi connectivity index (χ0) is 26.8. The van der Waals surface area contributed by atoms with Crippen LogP contribution in [0.2, 0.25) is 0 Å². The minimum atomic E-state index is -2.63. The number of pyridine rings is 1. The van der Waals surface area contributed by atoms with Crippen molar-refractivity contribution in [2.24, 2.45) is 7.05 Å². The topological polar surface area (TPSA) is 78.0 Å². The van der Waals surface area contributed by atoms with E-state index in [1.165, 1.54) is 12.1 Å². The second-order valence-corrected chi connectivity index (χ2v) is 9.42. The second kappa shape index (κ2) is 10.7. The van der Waals surface area contributed by atoms with Crippen molar-refractivity contribution in [3.63, 3.8) is 0 Å². The molecule has 0 saturated heterocycles. The Hall–Kier alpha value is -4.18. The van der Waals surface area contributed by atoms with Crippen LogP contribution in [0.5, 0.6) is 5.75 Å². The van der Waals surface area contributed by atoms with Crippen LogP contribution in [0.4, 0.5) is 24.7 Å². The third-order valence-corrected chi connectivity index (χ3v) is 6.65. The SMILES string of the molecule is CC(Oc1cc(-c2nn(C)c3c(-c4ccccc4)cnc(N)c23)ccc1NSC(F)F)c1ccc(F)cc1. The van der Waals surface area contributed by atoms with Crippen molar-refractivity contribution in [2.45, 2.75) is 18.8 Å². The van der Waals surface area contributed by atoms with Gasteiger partial charge in [0, 0.05) is 36.3 Å². The number of hydrogen-bond acceptors (Lipinski definition) is 6. The second-order valence-electron chi connectivity index (χ2n) is 8.62. The van der Waals surface area contributed by atoms with E-state index in [1.807, 2.05) is 37.4 Å². The molecule has 3 aromatic carbocycles. The number of benzene rings is 3. The Morgan fingerprint density at radius 1 is 1.00 bits per heavy atom. The number of alkyl halides is 2. The number of nitrogens with zero attached hydrogens (tertiary/aromatic N) is 3. The third kappa shape index (κ3) is 5.12. The fourth-order valence-electron chi connectivity index (χ4n) is 4.32. The molecule has 10 heteroatoms. The minimum absolute atomic E-state index is 0.271. The summed E-state index contributed by atoms with van der Waals surface area (Å²) < 4.78 is 49.9. The predicted molar refractivity (Wildman–Crippen MR) is 146 cm³/mol. The summed E-state index contributed by atoms with van der Waals surface area (Å²) in [6.45, 7) is 1.80. The first-order valence-corrected chi connectivity index (χ1v) is 12.6. The van der Waals surface area contributed by atoms with E-state index in [0.717, 1.165) is 22.2 Å². The van der Waals surface area contributed by atoms with Crippen LogP contribution < -0.4 is 15.2 Å². The van der Waals surface area contributed by atoms with Crippen molar-refractivity contribution in [2.75, 3.05) is 10.5 Å². The van der Waals surface area contributed by atoms with E-state index in [0.29, 0.717) is 33.9 Å². The highest BCUT2D eigenvalue weighted by Crippen LogP contribution is 2.40. The minimum Gasteiger partial charge on any atom is -0.484 e. The Morgan fingerprint density at radius 2 is 1.74 bits per heavy atom. The normalized spacial score (nSPS) is 12.2. The van der Waals surface area contributed by atoms with Crippen LogP contribution in [0.25, 0.3) is 33.3 Å². The largest absolute Gasteiger partial charge is 0.484 e. The number of fused-ring (bicyclic) bond motifs is 1. The monoisotopic (exact) mass is 535 g/mol. The Balaban J connectivity index is 1.60. The lowest BCUT2D eigenvalue weighted by atomic mass is 10.0. The molecule has 38 heavy (non-hydrogen) atoms. The van der Waals surface area contributed by atoms with Gasteiger partial charge in [-0.2, -0.15) is 13.9 Å². The highest BCUT2D eigenvalue weighted by Gasteiger charge is 2.21. The maximum Gasteiger partial charge on any atom is 0.302 e. The van der Waals surface area contributed by atoms with Gasteiger partial charge in [0.1, 0.15) is 29.2 Å². The van der Waals surface area contributed by atoms with E-state index in [2.05, 4.69) is 9.71 Å². The summed E-state index contributed by atoms with van der Waals surface area (Å²) in [5, 5.41) is 5.43. The van der Waals surface area contributed by atoms with Gasteiger partial charge in [0.15, 0.2) is 0 Å². The summed E-state index contributed by atoms with van der Waals surface area (Å²) in [5.74, 6) is -2.33. The lowest BCUT2D eigenvalue weighted by molar-refractivity contribution is 0.228. The molecule has 0 fully saturated rings. The van der Waals surface area contributed by atoms with Gasteiger partial charge in [-0.25, -0.2) is 9.37 Å². The average molecular weight is 536 g/mol. The Labute approximate surface area is 221 Å². The molecule has 0 aliphatic rings. The van der Waals surface area contributed by atoms with Gasteiger partial charge >= 0.3 is 5.76 Å². The van der Waals surface area contributed by atoms with Crippen molar-refractivity contribution in [1.82, 2.24) is 14.8 Å². The van der Waals surface area contributed by atoms with E-state index < -0.39 is 11.9 Å². The fraction of sp³-hybridized carbons (Fsp3) is 0.143. The van der Waals surface area contributed by atoms with Crippen molar-refractivity contribution in [3.05, 3.63) is 90.4 Å². The molecule has 0 aliphatic heterocycles. The molecule has 5 rings (SSSR count). The first kappa shape index (κ1) is 25.5. The predicted octanol–water partition coefficient (Wildman–Crippen LogP) is 7.45. The molecule has 0 bridgehead atoms. The van der Waals surface area contributed by atoms with Crippen LogP contribution in [0.1, 0.15) is 18.6 Å². The lowest BCUT2D eigenvalue weighted by Crippen LogP contribution is -2.05. The molecule has 2 heterocycles. The van der Waals surface area contributed by atoms with Crippen molar-refractivity contribution >= 4 is 34.4 Å². The van der Waals surface area contributed by atoms with Gasteiger partial charge in [0.05, 0.1) is 16.6 Å². The molecule has 0 aliphatic carbocycles. The molecular weight excluding hydrogens is 511 g/mol. The highest BCUT2D eigenvalue weighted by molar-refractivity contribution is 8.00. The summed E-state index contributed by atoms with van der Waals surface area (Å²) in [6, 6.07) is 20.9. The van der Waals surface area contributed by atoms with E-state index in [1.54, 1.807) is 48.1 Å². The molecule has 2 aromatic heterocycles. The van der Waals surface area contributed by atoms with Crippen LogP contribution in [0.3, 0.4) is 0 Å². The Morgan fingerprint density at radius 3 is 2.45 bits per heavy atom. The molecular formula is C28H24F3N5OS. The molecule has 1 unspecified atom stereocenters. The molecule has 0 saturated carbocycles. The number of anilines is 2. The van der Waals surface area contributed by atoms with Gasteiger partial charge in [-0.1, -0.05) is 48.5 Å². The molecule has 6 nitrogen and oxygen atoms in total. The maximum absolute atomic E-state index is 13.4. The zero-order valence-electron chi connectivity index (χ0n) is 20.5. The Bertz CT molecular complexity index is 1580. The summed E-state index contributed by atoms with van der Waals surface area (Å²) in [4.78, 5) is 4.43. The van der Waals surface area contributed by atoms with Crippen LogP contribution in [0, 0.1) is 5.82 Å². The molecule has 5 aromatic rings. The molecule has 194 valence electrons. The molecule has 0 amide bonds. The fourth-order valence-corrected chi connectivity index (χ4v) is 4.70. The highest BCUT2D eigenvalue weighted by atomic mass is 32.2. The van der Waals surface area contributed by atoms with E-state index in [-0.39, 0.29) is 17.8 Å². The van der Waals surface area contributed by atoms with Crippen molar-refractivity contribution < 1.29 is 17.9 Å². The van der Waals surface area contributed by atoms with Gasteiger partial charge in [0.2, 0.25) is 0 Å². The maximum atomic E-state index is 13.4. The molecule has 3 N–H and O–H groups in total. The lowest BCUT2D eigenvalue weighted by Gasteiger charge is -2.19. The summed E-state index contributed by atoms with van der Waals surface area (Å²) in [7, 11) is 1.83. The Kier molecular flexibility index (Phi) is 7.15. The van der Waals surface area contributed by atoms with Gasteiger partial charge in [-0.15, -0.1) is 0 Å². The number of aryl methyl sites for hydroxylation is 1. The van der Waals surface area contributed by atoms with Gasteiger partial charge in [-0.05, 0) is 42.3 Å². The quantitative estimate of drug-likeness (QED) is 0.201. The smallest absolute Gasteiger partial charge is 0.302 e. The number of nitrogens with one attached hydrogen (secondary N) is 1. The number of rotatable bonds is 8.